The Morgan fingerprint density at radius 2 is 2.13 bits per heavy atom. The van der Waals surface area contributed by atoms with Gasteiger partial charge in [-0.15, -0.1) is 5.10 Å². The van der Waals surface area contributed by atoms with E-state index in [0.29, 0.717) is 25.6 Å². The summed E-state index contributed by atoms with van der Waals surface area (Å²) in [6, 6.07) is 0.102. The summed E-state index contributed by atoms with van der Waals surface area (Å²) in [4.78, 5) is 29.3. The molecule has 0 saturated carbocycles. The van der Waals surface area contributed by atoms with Crippen LogP contribution in [0.2, 0.25) is 0 Å². The van der Waals surface area contributed by atoms with Crippen molar-refractivity contribution in [1.29, 1.82) is 0 Å². The number of carbonyl (C=O) groups is 2. The van der Waals surface area contributed by atoms with E-state index < -0.39 is 11.5 Å². The highest BCUT2D eigenvalue weighted by molar-refractivity contribution is 5.89. The Labute approximate surface area is 134 Å². The van der Waals surface area contributed by atoms with Crippen LogP contribution < -0.4 is 11.1 Å². The van der Waals surface area contributed by atoms with Crippen molar-refractivity contribution in [2.45, 2.75) is 38.8 Å². The lowest BCUT2D eigenvalue weighted by Gasteiger charge is -2.41. The lowest BCUT2D eigenvalue weighted by Crippen LogP contribution is -2.50. The number of fused-ring (bicyclic) bond motifs is 3. The number of hydrogen-bond acceptors (Lipinski definition) is 6. The summed E-state index contributed by atoms with van der Waals surface area (Å²) in [5.74, 6) is 0.121. The van der Waals surface area contributed by atoms with Gasteiger partial charge in [-0.3, -0.25) is 4.79 Å². The number of nitrogens with one attached hydrogen (secondary N) is 1. The van der Waals surface area contributed by atoms with Gasteiger partial charge in [0.1, 0.15) is 5.60 Å². The molecule has 1 aromatic rings. The Kier molecular flexibility index (Phi) is 3.65. The maximum atomic E-state index is 12.2. The molecule has 2 unspecified atom stereocenters. The minimum Gasteiger partial charge on any atom is -0.444 e. The molecule has 0 radical (unpaired) electrons. The first-order valence-electron chi connectivity index (χ1n) is 7.73. The summed E-state index contributed by atoms with van der Waals surface area (Å²) >= 11 is 0. The van der Waals surface area contributed by atoms with Gasteiger partial charge in [0.2, 0.25) is 11.8 Å². The van der Waals surface area contributed by atoms with Crippen LogP contribution in [0, 0.1) is 5.92 Å². The van der Waals surface area contributed by atoms with Crippen LogP contribution in [0.4, 0.5) is 10.7 Å². The van der Waals surface area contributed by atoms with Crippen molar-refractivity contribution in [3.05, 3.63) is 5.82 Å². The van der Waals surface area contributed by atoms with Crippen molar-refractivity contribution in [3.63, 3.8) is 0 Å². The second kappa shape index (κ2) is 5.39. The summed E-state index contributed by atoms with van der Waals surface area (Å²) in [5, 5.41) is 7.35. The highest BCUT2D eigenvalue weighted by Gasteiger charge is 2.39. The zero-order chi connectivity index (χ0) is 16.8. The van der Waals surface area contributed by atoms with Crippen LogP contribution in [0.15, 0.2) is 0 Å². The molecule has 0 aliphatic carbocycles. The molecule has 2 aliphatic rings. The Morgan fingerprint density at radius 1 is 1.39 bits per heavy atom. The standard InChI is InChI=1S/C14H22N6O3/c1-14(2,3)23-13(22)19-5-4-9-8(7-19)6-16-12-17-11(10(15)21)18-20(9)12/h8-9H,4-7H2,1-3H3,(H2,15,21)(H,16,17,18). The van der Waals surface area contributed by atoms with Gasteiger partial charge in [-0.25, -0.2) is 9.48 Å². The third kappa shape index (κ3) is 3.08. The molecule has 3 heterocycles. The molecule has 2 aliphatic heterocycles. The van der Waals surface area contributed by atoms with Gasteiger partial charge in [0.15, 0.2) is 0 Å². The predicted molar refractivity (Wildman–Crippen MR) is 82.0 cm³/mol. The van der Waals surface area contributed by atoms with Crippen LogP contribution in [-0.4, -0.2) is 56.9 Å². The SMILES string of the molecule is CC(C)(C)OC(=O)N1CCC2C(CNc3nc(C(N)=O)nn32)C1. The molecular weight excluding hydrogens is 300 g/mol. The van der Waals surface area contributed by atoms with Crippen molar-refractivity contribution >= 4 is 17.9 Å². The summed E-state index contributed by atoms with van der Waals surface area (Å²) in [5.41, 5.74) is 4.73. The minimum absolute atomic E-state index is 0.0164. The summed E-state index contributed by atoms with van der Waals surface area (Å²) in [6.45, 7) is 7.40. The number of aromatic nitrogens is 3. The molecule has 3 N–H and O–H groups in total. The number of amides is 2. The number of nitrogens with two attached hydrogens (primary N) is 1. The maximum Gasteiger partial charge on any atom is 0.410 e. The van der Waals surface area contributed by atoms with E-state index in [2.05, 4.69) is 15.4 Å². The molecule has 1 fully saturated rings. The Bertz CT molecular complexity index is 635. The molecule has 9 heteroatoms. The summed E-state index contributed by atoms with van der Waals surface area (Å²) < 4.78 is 7.16. The fraction of sp³-hybridized carbons (Fsp3) is 0.714. The molecule has 0 aromatic carbocycles. The molecule has 2 amide bonds. The van der Waals surface area contributed by atoms with Crippen molar-refractivity contribution in [2.75, 3.05) is 25.0 Å². The Balaban J connectivity index is 1.72. The second-order valence-electron chi connectivity index (χ2n) is 6.99. The maximum absolute atomic E-state index is 12.2. The normalized spacial score (nSPS) is 23.5. The van der Waals surface area contributed by atoms with Crippen LogP contribution in [-0.2, 0) is 4.74 Å². The number of ether oxygens (including phenoxy) is 1. The van der Waals surface area contributed by atoms with Gasteiger partial charge in [-0.1, -0.05) is 0 Å². The van der Waals surface area contributed by atoms with E-state index in [0.717, 1.165) is 6.42 Å². The number of carbonyl (C=O) groups excluding carboxylic acids is 2. The molecule has 1 saturated heterocycles. The van der Waals surface area contributed by atoms with E-state index in [1.807, 2.05) is 20.8 Å². The average molecular weight is 322 g/mol. The first kappa shape index (κ1) is 15.6. The van der Waals surface area contributed by atoms with Gasteiger partial charge in [0, 0.05) is 25.6 Å². The molecule has 2 atom stereocenters. The van der Waals surface area contributed by atoms with E-state index in [1.165, 1.54) is 0 Å². The molecule has 9 nitrogen and oxygen atoms in total. The lowest BCUT2D eigenvalue weighted by molar-refractivity contribution is 0.0107. The van der Waals surface area contributed by atoms with Gasteiger partial charge in [0.25, 0.3) is 5.91 Å². The van der Waals surface area contributed by atoms with E-state index in [-0.39, 0.29) is 23.9 Å². The van der Waals surface area contributed by atoms with Crippen molar-refractivity contribution in [1.82, 2.24) is 19.7 Å². The van der Waals surface area contributed by atoms with Gasteiger partial charge in [0.05, 0.1) is 6.04 Å². The van der Waals surface area contributed by atoms with Crippen molar-refractivity contribution in [2.24, 2.45) is 11.7 Å². The number of hydrogen-bond donors (Lipinski definition) is 2. The average Bonchev–Trinajstić information content (AvgIpc) is 2.89. The monoisotopic (exact) mass is 322 g/mol. The van der Waals surface area contributed by atoms with Crippen LogP contribution in [0.1, 0.15) is 43.9 Å². The molecule has 3 rings (SSSR count). The number of rotatable bonds is 1. The minimum atomic E-state index is -0.642. The number of primary amides is 1. The van der Waals surface area contributed by atoms with E-state index in [4.69, 9.17) is 10.5 Å². The smallest absolute Gasteiger partial charge is 0.410 e. The van der Waals surface area contributed by atoms with Crippen LogP contribution in [0.25, 0.3) is 0 Å². The zero-order valence-electron chi connectivity index (χ0n) is 13.6. The van der Waals surface area contributed by atoms with Gasteiger partial charge >= 0.3 is 6.09 Å². The molecule has 0 bridgehead atoms. The number of nitrogens with zero attached hydrogens (tertiary/aromatic N) is 4. The number of anilines is 1. The van der Waals surface area contributed by atoms with Crippen LogP contribution >= 0.6 is 0 Å². The van der Waals surface area contributed by atoms with Gasteiger partial charge in [-0.2, -0.15) is 4.98 Å². The fourth-order valence-electron chi connectivity index (χ4n) is 3.04. The number of likely N-dealkylation sites (tertiary alicyclic amines) is 1. The van der Waals surface area contributed by atoms with E-state index in [9.17, 15) is 9.59 Å². The van der Waals surface area contributed by atoms with Crippen LogP contribution in [0.3, 0.4) is 0 Å². The molecule has 0 spiro atoms. The van der Waals surface area contributed by atoms with Crippen LogP contribution in [0.5, 0.6) is 0 Å². The quantitative estimate of drug-likeness (QED) is 0.782. The fourth-order valence-corrected chi connectivity index (χ4v) is 3.04. The zero-order valence-corrected chi connectivity index (χ0v) is 13.6. The van der Waals surface area contributed by atoms with Crippen molar-refractivity contribution < 1.29 is 14.3 Å². The molecule has 1 aromatic heterocycles. The molecular formula is C14H22N6O3. The molecule has 126 valence electrons. The highest BCUT2D eigenvalue weighted by atomic mass is 16.6. The second-order valence-corrected chi connectivity index (χ2v) is 6.99. The largest absolute Gasteiger partial charge is 0.444 e. The Morgan fingerprint density at radius 3 is 2.78 bits per heavy atom. The predicted octanol–water partition coefficient (Wildman–Crippen LogP) is 0.601. The third-order valence-corrected chi connectivity index (χ3v) is 4.03. The van der Waals surface area contributed by atoms with Gasteiger partial charge < -0.3 is 20.7 Å². The third-order valence-electron chi connectivity index (χ3n) is 4.03. The van der Waals surface area contributed by atoms with Crippen molar-refractivity contribution in [3.8, 4) is 0 Å². The Hall–Kier alpha value is -2.32. The first-order valence-corrected chi connectivity index (χ1v) is 7.73. The lowest BCUT2D eigenvalue weighted by atomic mass is 9.91. The molecule has 23 heavy (non-hydrogen) atoms. The summed E-state index contributed by atoms with van der Waals surface area (Å²) in [7, 11) is 0. The summed E-state index contributed by atoms with van der Waals surface area (Å²) in [6.07, 6.45) is 0.443. The van der Waals surface area contributed by atoms with E-state index in [1.54, 1.807) is 9.58 Å². The number of piperidine rings is 1. The first-order chi connectivity index (χ1) is 10.7. The topological polar surface area (TPSA) is 115 Å². The van der Waals surface area contributed by atoms with E-state index >= 15 is 0 Å². The highest BCUT2D eigenvalue weighted by Crippen LogP contribution is 2.34. The van der Waals surface area contributed by atoms with Gasteiger partial charge in [-0.05, 0) is 27.2 Å².